The van der Waals surface area contributed by atoms with E-state index in [2.05, 4.69) is 11.0 Å². The fourth-order valence-corrected chi connectivity index (χ4v) is 2.74. The summed E-state index contributed by atoms with van der Waals surface area (Å²) >= 11 is 1.74. The first-order valence-electron chi connectivity index (χ1n) is 6.22. The van der Waals surface area contributed by atoms with Crippen molar-refractivity contribution in [3.8, 4) is 0 Å². The van der Waals surface area contributed by atoms with Gasteiger partial charge in [-0.2, -0.15) is 11.8 Å². The zero-order valence-corrected chi connectivity index (χ0v) is 12.0. The number of rotatable bonds is 5. The third kappa shape index (κ3) is 3.39. The molecular weight excluding hydrogens is 275 g/mol. The van der Waals surface area contributed by atoms with Gasteiger partial charge in [0.25, 0.3) is 0 Å². The van der Waals surface area contributed by atoms with Gasteiger partial charge in [0, 0.05) is 10.3 Å². The van der Waals surface area contributed by atoms with Gasteiger partial charge in [0.05, 0.1) is 5.56 Å². The van der Waals surface area contributed by atoms with E-state index in [1.54, 1.807) is 23.9 Å². The van der Waals surface area contributed by atoms with Crippen LogP contribution in [0.4, 0.5) is 4.53 Å². The molecular formula is C16H15FO2S. The number of carbonyl (C=O) groups excluding carboxylic acids is 1. The number of hydrogen-bond donors (Lipinski definition) is 0. The Labute approximate surface area is 121 Å². The van der Waals surface area contributed by atoms with E-state index in [1.165, 1.54) is 5.56 Å². The second-order valence-electron chi connectivity index (χ2n) is 4.40. The summed E-state index contributed by atoms with van der Waals surface area (Å²) in [6.45, 7) is 0. The summed E-state index contributed by atoms with van der Waals surface area (Å²) in [4.78, 5) is 14.8. The predicted octanol–water partition coefficient (Wildman–Crippen LogP) is 4.18. The lowest BCUT2D eigenvalue weighted by molar-refractivity contribution is -0.0788. The molecule has 0 bridgehead atoms. The average Bonchev–Trinajstić information content (AvgIpc) is 2.49. The highest BCUT2D eigenvalue weighted by atomic mass is 32.2. The zero-order valence-electron chi connectivity index (χ0n) is 11.1. The van der Waals surface area contributed by atoms with Gasteiger partial charge in [-0.1, -0.05) is 42.5 Å². The lowest BCUT2D eigenvalue weighted by Crippen LogP contribution is -2.05. The molecule has 0 fully saturated rings. The Morgan fingerprint density at radius 2 is 1.65 bits per heavy atom. The first kappa shape index (κ1) is 14.6. The van der Waals surface area contributed by atoms with Crippen molar-refractivity contribution in [2.75, 3.05) is 6.26 Å². The fraction of sp³-hybridized carbons (Fsp3) is 0.188. The number of hydrogen-bond acceptors (Lipinski definition) is 3. The van der Waals surface area contributed by atoms with Gasteiger partial charge >= 0.3 is 5.97 Å². The van der Waals surface area contributed by atoms with Gasteiger partial charge in [0.2, 0.25) is 0 Å². The van der Waals surface area contributed by atoms with Crippen molar-refractivity contribution in [3.05, 3.63) is 70.8 Å². The van der Waals surface area contributed by atoms with Crippen LogP contribution in [0.5, 0.6) is 0 Å². The summed E-state index contributed by atoms with van der Waals surface area (Å²) in [6.07, 6.45) is 2.63. The Balaban J connectivity index is 2.33. The molecule has 2 nitrogen and oxygen atoms in total. The van der Waals surface area contributed by atoms with Crippen LogP contribution in [0.25, 0.3) is 0 Å². The van der Waals surface area contributed by atoms with Crippen LogP contribution in [0.15, 0.2) is 48.5 Å². The molecule has 0 spiro atoms. The molecule has 0 aliphatic carbocycles. The summed E-state index contributed by atoms with van der Waals surface area (Å²) in [7, 11) is 0. The van der Waals surface area contributed by atoms with Gasteiger partial charge in [0.1, 0.15) is 0 Å². The maximum absolute atomic E-state index is 12.1. The Kier molecular flexibility index (Phi) is 5.18. The van der Waals surface area contributed by atoms with E-state index in [-0.39, 0.29) is 5.56 Å². The number of halogens is 1. The van der Waals surface area contributed by atoms with Gasteiger partial charge in [-0.25, -0.2) is 9.74 Å². The average molecular weight is 290 g/mol. The Morgan fingerprint density at radius 3 is 2.30 bits per heavy atom. The highest BCUT2D eigenvalue weighted by Gasteiger charge is 2.14. The van der Waals surface area contributed by atoms with Crippen LogP contribution in [0.2, 0.25) is 0 Å². The Hall–Kier alpha value is -1.81. The molecule has 0 aromatic heterocycles. The predicted molar refractivity (Wildman–Crippen MR) is 79.4 cm³/mol. The number of thioether (sulfide) groups is 1. The molecule has 2 aromatic carbocycles. The summed E-state index contributed by atoms with van der Waals surface area (Å²) < 4.78 is 12.1. The SMILES string of the molecule is CSCc1ccccc1Cc1ccccc1C(=O)OF. The largest absolute Gasteiger partial charge is 0.379 e. The molecule has 0 unspecified atom stereocenters. The van der Waals surface area contributed by atoms with Crippen LogP contribution in [0, 0.1) is 0 Å². The Morgan fingerprint density at radius 1 is 1.05 bits per heavy atom. The number of benzene rings is 2. The van der Waals surface area contributed by atoms with E-state index in [1.807, 2.05) is 36.6 Å². The van der Waals surface area contributed by atoms with Crippen molar-refractivity contribution in [3.63, 3.8) is 0 Å². The molecule has 4 heteroatoms. The lowest BCUT2D eigenvalue weighted by Gasteiger charge is -2.10. The molecule has 0 atom stereocenters. The third-order valence-electron chi connectivity index (χ3n) is 3.11. The van der Waals surface area contributed by atoms with Gasteiger partial charge in [-0.3, -0.25) is 0 Å². The Bertz CT molecular complexity index is 599. The highest BCUT2D eigenvalue weighted by molar-refractivity contribution is 7.97. The minimum atomic E-state index is -0.942. The van der Waals surface area contributed by atoms with Crippen LogP contribution in [0.1, 0.15) is 27.0 Å². The summed E-state index contributed by atoms with van der Waals surface area (Å²) in [5.41, 5.74) is 3.40. The van der Waals surface area contributed by atoms with E-state index in [4.69, 9.17) is 0 Å². The van der Waals surface area contributed by atoms with Crippen LogP contribution in [-0.4, -0.2) is 12.2 Å². The normalized spacial score (nSPS) is 10.3. The third-order valence-corrected chi connectivity index (χ3v) is 3.71. The first-order valence-corrected chi connectivity index (χ1v) is 7.62. The summed E-state index contributed by atoms with van der Waals surface area (Å²) in [6, 6.07) is 15.0. The highest BCUT2D eigenvalue weighted by Crippen LogP contribution is 2.21. The first-order chi connectivity index (χ1) is 9.76. The molecule has 0 radical (unpaired) electrons. The van der Waals surface area contributed by atoms with E-state index < -0.39 is 5.97 Å². The monoisotopic (exact) mass is 290 g/mol. The molecule has 0 heterocycles. The number of carbonyl (C=O) groups is 1. The van der Waals surface area contributed by atoms with Crippen LogP contribution in [-0.2, 0) is 17.1 Å². The van der Waals surface area contributed by atoms with Crippen LogP contribution >= 0.6 is 11.8 Å². The van der Waals surface area contributed by atoms with E-state index >= 15 is 0 Å². The molecule has 0 amide bonds. The summed E-state index contributed by atoms with van der Waals surface area (Å²) in [5.74, 6) is -0.0331. The van der Waals surface area contributed by atoms with Gasteiger partial charge < -0.3 is 0 Å². The molecule has 2 rings (SSSR count). The lowest BCUT2D eigenvalue weighted by atomic mass is 9.97. The fourth-order valence-electron chi connectivity index (χ4n) is 2.15. The van der Waals surface area contributed by atoms with Gasteiger partial charge in [-0.05, 0) is 35.4 Å². The van der Waals surface area contributed by atoms with Gasteiger partial charge in [0.15, 0.2) is 0 Å². The summed E-state index contributed by atoms with van der Waals surface area (Å²) in [5, 5.41) is 0. The van der Waals surface area contributed by atoms with Crippen molar-refractivity contribution in [1.29, 1.82) is 0 Å². The van der Waals surface area contributed by atoms with E-state index in [0.717, 1.165) is 16.9 Å². The molecule has 0 saturated heterocycles. The van der Waals surface area contributed by atoms with Crippen molar-refractivity contribution >= 4 is 17.7 Å². The van der Waals surface area contributed by atoms with Crippen molar-refractivity contribution in [1.82, 2.24) is 0 Å². The molecule has 0 aliphatic rings. The van der Waals surface area contributed by atoms with E-state index in [9.17, 15) is 9.32 Å². The molecule has 2 aromatic rings. The zero-order chi connectivity index (χ0) is 14.4. The van der Waals surface area contributed by atoms with Crippen molar-refractivity contribution in [2.24, 2.45) is 0 Å². The standard InChI is InChI=1S/C16H15FO2S/c1-20-11-14-8-3-2-6-12(14)10-13-7-4-5-9-15(13)16(18)19-17/h2-9H,10-11H2,1H3. The van der Waals surface area contributed by atoms with Crippen LogP contribution in [0.3, 0.4) is 0 Å². The molecule has 0 aliphatic heterocycles. The van der Waals surface area contributed by atoms with Crippen molar-refractivity contribution < 1.29 is 14.3 Å². The van der Waals surface area contributed by atoms with Gasteiger partial charge in [-0.15, -0.1) is 0 Å². The second-order valence-corrected chi connectivity index (χ2v) is 5.27. The van der Waals surface area contributed by atoms with Crippen molar-refractivity contribution in [2.45, 2.75) is 12.2 Å². The topological polar surface area (TPSA) is 26.3 Å². The van der Waals surface area contributed by atoms with Crippen LogP contribution < -0.4 is 0 Å². The minimum Gasteiger partial charge on any atom is -0.249 e. The smallest absolute Gasteiger partial charge is 0.249 e. The molecule has 0 saturated carbocycles. The maximum Gasteiger partial charge on any atom is 0.379 e. The molecule has 104 valence electrons. The minimum absolute atomic E-state index is 0.272. The second kappa shape index (κ2) is 7.10. The molecule has 20 heavy (non-hydrogen) atoms. The maximum atomic E-state index is 12.1. The van der Waals surface area contributed by atoms with E-state index in [0.29, 0.717) is 6.42 Å². The molecule has 0 N–H and O–H groups in total. The quantitative estimate of drug-likeness (QED) is 0.826.